The zero-order chi connectivity index (χ0) is 14.4. The molecule has 0 N–H and O–H groups in total. The normalized spacial score (nSPS) is 19.9. The van der Waals surface area contributed by atoms with Crippen LogP contribution in [0.3, 0.4) is 0 Å². The molecule has 110 valence electrons. The SMILES string of the molecule is CN(C)C[C@@H]1CSCCCN1C(=O)Cc1ccccc1. The molecule has 3 nitrogen and oxygen atoms in total. The van der Waals surface area contributed by atoms with Crippen LogP contribution in [0.5, 0.6) is 0 Å². The zero-order valence-corrected chi connectivity index (χ0v) is 13.2. The first-order valence-electron chi connectivity index (χ1n) is 7.22. The fraction of sp³-hybridized carbons (Fsp3) is 0.562. The minimum atomic E-state index is 0.269. The van der Waals surface area contributed by atoms with E-state index in [0.29, 0.717) is 12.5 Å². The number of rotatable bonds is 4. The lowest BCUT2D eigenvalue weighted by Crippen LogP contribution is -2.47. The van der Waals surface area contributed by atoms with E-state index in [4.69, 9.17) is 0 Å². The number of carbonyl (C=O) groups is 1. The minimum Gasteiger partial charge on any atom is -0.337 e. The Labute approximate surface area is 126 Å². The molecule has 1 aliphatic heterocycles. The van der Waals surface area contributed by atoms with Crippen molar-refractivity contribution in [3.8, 4) is 0 Å². The summed E-state index contributed by atoms with van der Waals surface area (Å²) in [5.41, 5.74) is 1.11. The second-order valence-corrected chi connectivity index (χ2v) is 6.74. The minimum absolute atomic E-state index is 0.269. The second-order valence-electron chi connectivity index (χ2n) is 5.59. The Hall–Kier alpha value is -1.00. The number of carbonyl (C=O) groups excluding carboxylic acids is 1. The maximum atomic E-state index is 12.6. The molecule has 0 saturated carbocycles. The van der Waals surface area contributed by atoms with Crippen molar-refractivity contribution in [1.82, 2.24) is 9.80 Å². The topological polar surface area (TPSA) is 23.6 Å². The van der Waals surface area contributed by atoms with Crippen LogP contribution in [0.25, 0.3) is 0 Å². The van der Waals surface area contributed by atoms with Crippen LogP contribution in [0.15, 0.2) is 30.3 Å². The largest absolute Gasteiger partial charge is 0.337 e. The van der Waals surface area contributed by atoms with E-state index in [0.717, 1.165) is 30.8 Å². The van der Waals surface area contributed by atoms with E-state index in [9.17, 15) is 4.79 Å². The van der Waals surface area contributed by atoms with Crippen LogP contribution >= 0.6 is 11.8 Å². The summed E-state index contributed by atoms with van der Waals surface area (Å²) < 4.78 is 0. The van der Waals surface area contributed by atoms with E-state index < -0.39 is 0 Å². The second kappa shape index (κ2) is 7.70. The number of likely N-dealkylation sites (N-methyl/N-ethyl adjacent to an activating group) is 1. The highest BCUT2D eigenvalue weighted by molar-refractivity contribution is 7.99. The molecule has 0 aliphatic carbocycles. The maximum Gasteiger partial charge on any atom is 0.227 e. The molecule has 20 heavy (non-hydrogen) atoms. The van der Waals surface area contributed by atoms with Gasteiger partial charge in [0, 0.05) is 18.8 Å². The standard InChI is InChI=1S/C16H24N2OS/c1-17(2)12-15-13-20-10-6-9-18(15)16(19)11-14-7-4-3-5-8-14/h3-5,7-8,15H,6,9-13H2,1-2H3/t15-/m1/s1. The molecule has 1 saturated heterocycles. The summed E-state index contributed by atoms with van der Waals surface area (Å²) in [4.78, 5) is 16.9. The third-order valence-corrected chi connectivity index (χ3v) is 4.73. The summed E-state index contributed by atoms with van der Waals surface area (Å²) in [6, 6.07) is 10.4. The highest BCUT2D eigenvalue weighted by Crippen LogP contribution is 2.18. The molecule has 0 radical (unpaired) electrons. The average molecular weight is 292 g/mol. The van der Waals surface area contributed by atoms with Gasteiger partial charge in [0.15, 0.2) is 0 Å². The van der Waals surface area contributed by atoms with Crippen molar-refractivity contribution in [2.24, 2.45) is 0 Å². The Bertz CT molecular complexity index is 422. The van der Waals surface area contributed by atoms with Crippen LogP contribution < -0.4 is 0 Å². The van der Waals surface area contributed by atoms with Crippen molar-refractivity contribution in [3.05, 3.63) is 35.9 Å². The third-order valence-electron chi connectivity index (χ3n) is 3.53. The molecule has 1 fully saturated rings. The Kier molecular flexibility index (Phi) is 5.92. The average Bonchev–Trinajstić information content (AvgIpc) is 2.64. The van der Waals surface area contributed by atoms with Gasteiger partial charge in [0.05, 0.1) is 12.5 Å². The molecule has 1 heterocycles. The predicted molar refractivity (Wildman–Crippen MR) is 86.1 cm³/mol. The summed E-state index contributed by atoms with van der Waals surface area (Å²) in [6.07, 6.45) is 1.63. The van der Waals surface area contributed by atoms with Crippen LogP contribution in [-0.4, -0.2) is 60.4 Å². The Morgan fingerprint density at radius 3 is 2.80 bits per heavy atom. The lowest BCUT2D eigenvalue weighted by atomic mass is 10.1. The first kappa shape index (κ1) is 15.4. The van der Waals surface area contributed by atoms with Gasteiger partial charge in [-0.2, -0.15) is 11.8 Å². The third kappa shape index (κ3) is 4.53. The van der Waals surface area contributed by atoms with Gasteiger partial charge in [-0.15, -0.1) is 0 Å². The maximum absolute atomic E-state index is 12.6. The fourth-order valence-electron chi connectivity index (χ4n) is 2.60. The molecule has 0 spiro atoms. The molecule has 1 aromatic carbocycles. The van der Waals surface area contributed by atoms with Gasteiger partial charge >= 0.3 is 0 Å². The molecule has 1 aliphatic rings. The summed E-state index contributed by atoms with van der Waals surface area (Å²) in [7, 11) is 4.16. The quantitative estimate of drug-likeness (QED) is 0.849. The molecular formula is C16H24N2OS. The Morgan fingerprint density at radius 2 is 2.10 bits per heavy atom. The zero-order valence-electron chi connectivity index (χ0n) is 12.4. The molecule has 1 aromatic rings. The van der Waals surface area contributed by atoms with Crippen LogP contribution in [0.2, 0.25) is 0 Å². The Balaban J connectivity index is 2.03. The van der Waals surface area contributed by atoms with Crippen LogP contribution in [0.1, 0.15) is 12.0 Å². The van der Waals surface area contributed by atoms with Crippen molar-refractivity contribution in [2.45, 2.75) is 18.9 Å². The van der Waals surface area contributed by atoms with Crippen LogP contribution in [0.4, 0.5) is 0 Å². The van der Waals surface area contributed by atoms with Gasteiger partial charge in [0.25, 0.3) is 0 Å². The summed E-state index contributed by atoms with van der Waals surface area (Å²) in [6.45, 7) is 1.85. The number of thioether (sulfide) groups is 1. The van der Waals surface area contributed by atoms with Crippen molar-refractivity contribution < 1.29 is 4.79 Å². The van der Waals surface area contributed by atoms with E-state index in [1.165, 1.54) is 5.75 Å². The predicted octanol–water partition coefficient (Wildman–Crippen LogP) is 2.12. The summed E-state index contributed by atoms with van der Waals surface area (Å²) in [5.74, 6) is 2.49. The van der Waals surface area contributed by atoms with Gasteiger partial charge < -0.3 is 9.80 Å². The molecule has 4 heteroatoms. The lowest BCUT2D eigenvalue weighted by Gasteiger charge is -2.31. The summed E-state index contributed by atoms with van der Waals surface area (Å²) in [5, 5.41) is 0. The molecule has 0 aromatic heterocycles. The van der Waals surface area contributed by atoms with Crippen molar-refractivity contribution in [3.63, 3.8) is 0 Å². The van der Waals surface area contributed by atoms with Crippen LogP contribution in [-0.2, 0) is 11.2 Å². The van der Waals surface area contributed by atoms with Gasteiger partial charge in [-0.25, -0.2) is 0 Å². The first-order chi connectivity index (χ1) is 9.66. The number of amides is 1. The van der Waals surface area contributed by atoms with E-state index in [1.807, 2.05) is 42.1 Å². The molecular weight excluding hydrogens is 268 g/mol. The number of nitrogens with zero attached hydrogens (tertiary/aromatic N) is 2. The van der Waals surface area contributed by atoms with E-state index in [2.05, 4.69) is 23.9 Å². The van der Waals surface area contributed by atoms with Gasteiger partial charge in [0.2, 0.25) is 5.91 Å². The van der Waals surface area contributed by atoms with Gasteiger partial charge in [0.1, 0.15) is 0 Å². The van der Waals surface area contributed by atoms with Gasteiger partial charge in [-0.05, 0) is 31.8 Å². The monoisotopic (exact) mass is 292 g/mol. The fourth-order valence-corrected chi connectivity index (χ4v) is 3.66. The molecule has 0 unspecified atom stereocenters. The van der Waals surface area contributed by atoms with Crippen molar-refractivity contribution in [1.29, 1.82) is 0 Å². The molecule has 1 amide bonds. The first-order valence-corrected chi connectivity index (χ1v) is 8.38. The van der Waals surface area contributed by atoms with Gasteiger partial charge in [-0.3, -0.25) is 4.79 Å². The highest BCUT2D eigenvalue weighted by Gasteiger charge is 2.25. The lowest BCUT2D eigenvalue weighted by molar-refractivity contribution is -0.132. The molecule has 2 rings (SSSR count). The smallest absolute Gasteiger partial charge is 0.227 e. The van der Waals surface area contributed by atoms with E-state index in [-0.39, 0.29) is 5.91 Å². The number of hydrogen-bond acceptors (Lipinski definition) is 3. The molecule has 0 bridgehead atoms. The molecule has 1 atom stereocenters. The Morgan fingerprint density at radius 1 is 1.35 bits per heavy atom. The number of hydrogen-bond donors (Lipinski definition) is 0. The van der Waals surface area contributed by atoms with Crippen molar-refractivity contribution in [2.75, 3.05) is 38.7 Å². The summed E-state index contributed by atoms with van der Waals surface area (Å²) >= 11 is 1.97. The van der Waals surface area contributed by atoms with Crippen molar-refractivity contribution >= 4 is 17.7 Å². The van der Waals surface area contributed by atoms with E-state index >= 15 is 0 Å². The van der Waals surface area contributed by atoms with Crippen LogP contribution in [0, 0.1) is 0 Å². The van der Waals surface area contributed by atoms with Gasteiger partial charge in [-0.1, -0.05) is 30.3 Å². The van der Waals surface area contributed by atoms with E-state index in [1.54, 1.807) is 0 Å². The number of benzene rings is 1. The highest BCUT2D eigenvalue weighted by atomic mass is 32.2.